The van der Waals surface area contributed by atoms with Crippen LogP contribution >= 0.6 is 11.8 Å². The molecular formula is C19H19FN4O3S. The summed E-state index contributed by atoms with van der Waals surface area (Å²) < 4.78 is 21.0. The van der Waals surface area contributed by atoms with Crippen molar-refractivity contribution in [3.63, 3.8) is 0 Å². The van der Waals surface area contributed by atoms with Crippen LogP contribution in [-0.4, -0.2) is 32.5 Å². The summed E-state index contributed by atoms with van der Waals surface area (Å²) in [4.78, 5) is 33.0. The van der Waals surface area contributed by atoms with Crippen molar-refractivity contribution in [2.45, 2.75) is 31.5 Å². The molecule has 1 N–H and O–H groups in total. The van der Waals surface area contributed by atoms with Gasteiger partial charge in [0.05, 0.1) is 5.69 Å². The van der Waals surface area contributed by atoms with Crippen molar-refractivity contribution in [1.29, 1.82) is 0 Å². The number of fused-ring (bicyclic) bond motifs is 1. The molecule has 9 heteroatoms. The molecule has 0 atom stereocenters. The largest absolute Gasteiger partial charge is 0.444 e. The first-order valence-electron chi connectivity index (χ1n) is 8.41. The Hall–Kier alpha value is -2.94. The fraction of sp³-hybridized carbons (Fsp3) is 0.263. The van der Waals surface area contributed by atoms with Gasteiger partial charge in [0.2, 0.25) is 0 Å². The average molecular weight is 402 g/mol. The van der Waals surface area contributed by atoms with Gasteiger partial charge < -0.3 is 4.74 Å². The maximum atomic E-state index is 14.6. The molecule has 1 aromatic carbocycles. The molecule has 0 bridgehead atoms. The van der Waals surface area contributed by atoms with Crippen molar-refractivity contribution in [1.82, 2.24) is 14.5 Å². The van der Waals surface area contributed by atoms with E-state index < -0.39 is 23.1 Å². The van der Waals surface area contributed by atoms with Crippen LogP contribution < -0.4 is 10.9 Å². The highest BCUT2D eigenvalue weighted by atomic mass is 32.2. The molecule has 7 nitrogen and oxygen atoms in total. The average Bonchev–Trinajstić information content (AvgIpc) is 2.61. The lowest BCUT2D eigenvalue weighted by Gasteiger charge is -2.20. The zero-order valence-electron chi connectivity index (χ0n) is 15.8. The standard InChI is InChI=1S/C19H19FN4O3S/c1-19(2,3)27-18(26)22-12-6-7-13(20)14(9-12)24-15(25)8-5-11-10-21-17(28-4)23-16(11)24/h5-10H,1-4H3,(H,22,26). The summed E-state index contributed by atoms with van der Waals surface area (Å²) in [6.45, 7) is 5.21. The summed E-state index contributed by atoms with van der Waals surface area (Å²) in [6.07, 6.45) is 2.70. The van der Waals surface area contributed by atoms with Gasteiger partial charge in [-0.15, -0.1) is 0 Å². The van der Waals surface area contributed by atoms with Gasteiger partial charge in [0, 0.05) is 23.3 Å². The maximum Gasteiger partial charge on any atom is 0.412 e. The van der Waals surface area contributed by atoms with E-state index in [1.807, 2.05) is 0 Å². The van der Waals surface area contributed by atoms with Crippen LogP contribution in [0.4, 0.5) is 14.9 Å². The highest BCUT2D eigenvalue weighted by molar-refractivity contribution is 7.98. The van der Waals surface area contributed by atoms with Gasteiger partial charge in [0.25, 0.3) is 5.56 Å². The van der Waals surface area contributed by atoms with Crippen LogP contribution in [0.1, 0.15) is 20.8 Å². The monoisotopic (exact) mass is 402 g/mol. The molecule has 0 spiro atoms. The number of carbonyl (C=O) groups is 1. The quantitative estimate of drug-likeness (QED) is 0.527. The van der Waals surface area contributed by atoms with Gasteiger partial charge in [0.1, 0.15) is 11.4 Å². The van der Waals surface area contributed by atoms with Gasteiger partial charge in [-0.1, -0.05) is 11.8 Å². The topological polar surface area (TPSA) is 86.1 Å². The number of anilines is 1. The predicted octanol–water partition coefficient (Wildman–Crippen LogP) is 3.99. The molecule has 0 saturated heterocycles. The lowest BCUT2D eigenvalue weighted by molar-refractivity contribution is 0.0636. The Morgan fingerprint density at radius 3 is 2.68 bits per heavy atom. The molecule has 1 amide bonds. The van der Waals surface area contributed by atoms with Crippen LogP contribution in [0.5, 0.6) is 0 Å². The van der Waals surface area contributed by atoms with E-state index in [1.54, 1.807) is 39.3 Å². The number of pyridine rings is 1. The Bertz CT molecular complexity index is 1110. The van der Waals surface area contributed by atoms with Gasteiger partial charge in [-0.3, -0.25) is 14.7 Å². The Morgan fingerprint density at radius 2 is 2.00 bits per heavy atom. The zero-order valence-corrected chi connectivity index (χ0v) is 16.6. The van der Waals surface area contributed by atoms with Crippen molar-refractivity contribution in [3.05, 3.63) is 52.7 Å². The van der Waals surface area contributed by atoms with Crippen LogP contribution in [0.15, 0.2) is 46.5 Å². The summed E-state index contributed by atoms with van der Waals surface area (Å²) in [7, 11) is 0. The van der Waals surface area contributed by atoms with Crippen LogP contribution in [0, 0.1) is 5.82 Å². The molecule has 0 aliphatic rings. The Balaban J connectivity index is 2.10. The number of halogens is 1. The molecule has 3 rings (SSSR count). The summed E-state index contributed by atoms with van der Waals surface area (Å²) in [5, 5.41) is 3.59. The van der Waals surface area contributed by atoms with Crippen molar-refractivity contribution < 1.29 is 13.9 Å². The molecule has 0 fully saturated rings. The molecule has 0 aliphatic heterocycles. The van der Waals surface area contributed by atoms with Gasteiger partial charge >= 0.3 is 6.09 Å². The third kappa shape index (κ3) is 4.30. The summed E-state index contributed by atoms with van der Waals surface area (Å²) in [6, 6.07) is 6.82. The molecule has 146 valence electrons. The van der Waals surface area contributed by atoms with Crippen molar-refractivity contribution >= 4 is 34.6 Å². The number of nitrogens with one attached hydrogen (secondary N) is 1. The third-order valence-corrected chi connectivity index (χ3v) is 4.19. The molecule has 0 saturated carbocycles. The first-order chi connectivity index (χ1) is 13.2. The van der Waals surface area contributed by atoms with Crippen molar-refractivity contribution in [2.75, 3.05) is 11.6 Å². The minimum Gasteiger partial charge on any atom is -0.444 e. The van der Waals surface area contributed by atoms with Crippen molar-refractivity contribution in [3.8, 4) is 5.69 Å². The number of amides is 1. The van der Waals surface area contributed by atoms with E-state index in [2.05, 4.69) is 15.3 Å². The second-order valence-electron chi connectivity index (χ2n) is 6.94. The van der Waals surface area contributed by atoms with Crippen LogP contribution in [-0.2, 0) is 4.74 Å². The van der Waals surface area contributed by atoms with Gasteiger partial charge in [-0.25, -0.2) is 19.2 Å². The lowest BCUT2D eigenvalue weighted by Crippen LogP contribution is -2.27. The number of aromatic nitrogens is 3. The number of thioether (sulfide) groups is 1. The van der Waals surface area contributed by atoms with E-state index in [9.17, 15) is 14.0 Å². The molecule has 3 aromatic rings. The third-order valence-electron chi connectivity index (χ3n) is 3.63. The van der Waals surface area contributed by atoms with Crippen molar-refractivity contribution in [2.24, 2.45) is 0 Å². The number of hydrogen-bond donors (Lipinski definition) is 1. The smallest absolute Gasteiger partial charge is 0.412 e. The highest BCUT2D eigenvalue weighted by Crippen LogP contribution is 2.22. The number of nitrogens with zero attached hydrogens (tertiary/aromatic N) is 3. The molecule has 2 heterocycles. The van der Waals surface area contributed by atoms with Crippen LogP contribution in [0.2, 0.25) is 0 Å². The second-order valence-corrected chi connectivity index (χ2v) is 7.71. The minimum atomic E-state index is -0.678. The van der Waals surface area contributed by atoms with E-state index >= 15 is 0 Å². The number of hydrogen-bond acceptors (Lipinski definition) is 6. The Morgan fingerprint density at radius 1 is 1.25 bits per heavy atom. The summed E-state index contributed by atoms with van der Waals surface area (Å²) in [5.74, 6) is -0.631. The molecule has 0 unspecified atom stereocenters. The normalized spacial score (nSPS) is 11.5. The van der Waals surface area contributed by atoms with E-state index in [0.717, 1.165) is 4.57 Å². The number of benzene rings is 1. The van der Waals surface area contributed by atoms with E-state index in [4.69, 9.17) is 4.74 Å². The SMILES string of the molecule is CSc1ncc2ccc(=O)n(-c3cc(NC(=O)OC(C)(C)C)ccc3F)c2n1. The molecular weight excluding hydrogens is 383 g/mol. The highest BCUT2D eigenvalue weighted by Gasteiger charge is 2.18. The lowest BCUT2D eigenvalue weighted by atomic mass is 10.2. The Kier molecular flexibility index (Phi) is 5.37. The first kappa shape index (κ1) is 19.8. The Labute approximate surface area is 165 Å². The van der Waals surface area contributed by atoms with Crippen LogP contribution in [0.25, 0.3) is 16.7 Å². The van der Waals surface area contributed by atoms with E-state index in [-0.39, 0.29) is 17.0 Å². The van der Waals surface area contributed by atoms with E-state index in [0.29, 0.717) is 10.5 Å². The van der Waals surface area contributed by atoms with Gasteiger partial charge in [0.15, 0.2) is 10.8 Å². The number of rotatable bonds is 3. The summed E-state index contributed by atoms with van der Waals surface area (Å²) in [5.41, 5.74) is -0.597. The molecule has 0 radical (unpaired) electrons. The van der Waals surface area contributed by atoms with Crippen LogP contribution in [0.3, 0.4) is 0 Å². The minimum absolute atomic E-state index is 0.0325. The van der Waals surface area contributed by atoms with Gasteiger partial charge in [-0.2, -0.15) is 0 Å². The molecule has 28 heavy (non-hydrogen) atoms. The maximum absolute atomic E-state index is 14.6. The fourth-order valence-corrected chi connectivity index (χ4v) is 2.85. The number of carbonyl (C=O) groups excluding carboxylic acids is 1. The zero-order chi connectivity index (χ0) is 20.5. The van der Waals surface area contributed by atoms with Gasteiger partial charge in [-0.05, 0) is 51.3 Å². The van der Waals surface area contributed by atoms with E-state index in [1.165, 1.54) is 36.0 Å². The first-order valence-corrected chi connectivity index (χ1v) is 9.63. The number of ether oxygens (including phenoxy) is 1. The molecule has 2 aromatic heterocycles. The predicted molar refractivity (Wildman–Crippen MR) is 107 cm³/mol. The molecule has 0 aliphatic carbocycles. The summed E-state index contributed by atoms with van der Waals surface area (Å²) >= 11 is 1.31. The second kappa shape index (κ2) is 7.59. The fourth-order valence-electron chi connectivity index (χ4n) is 2.52.